The average Bonchev–Trinajstić information content (AvgIpc) is 2.44. The molecule has 0 radical (unpaired) electrons. The normalized spacial score (nSPS) is 11.4. The van der Waals surface area contributed by atoms with Crippen molar-refractivity contribution in [2.45, 2.75) is 4.90 Å². The Hall–Kier alpha value is -1.47. The summed E-state index contributed by atoms with van der Waals surface area (Å²) in [6.45, 7) is 0. The molecule has 0 saturated heterocycles. The van der Waals surface area contributed by atoms with Crippen LogP contribution in [0.1, 0.15) is 0 Å². The third-order valence-corrected chi connectivity index (χ3v) is 4.87. The number of hydrogen-bond donors (Lipinski definition) is 3. The van der Waals surface area contributed by atoms with Gasteiger partial charge in [-0.2, -0.15) is 0 Å². The molecule has 2 rings (SSSR count). The van der Waals surface area contributed by atoms with Gasteiger partial charge in [-0.05, 0) is 37.4 Å². The molecule has 8 heteroatoms. The molecule has 0 spiro atoms. The number of nitrogens with one attached hydrogen (secondary N) is 2. The molecule has 0 aliphatic rings. The average molecular weight is 346 g/mol. The first-order valence-corrected chi connectivity index (χ1v) is 8.13. The molecule has 21 heavy (non-hydrogen) atoms. The van der Waals surface area contributed by atoms with Crippen LogP contribution in [0.3, 0.4) is 0 Å². The molecular weight excluding hydrogens is 333 g/mol. The van der Waals surface area contributed by atoms with Gasteiger partial charge in [0.25, 0.3) is 0 Å². The molecule has 0 bridgehead atoms. The van der Waals surface area contributed by atoms with Crippen LogP contribution in [0.15, 0.2) is 41.3 Å². The third kappa shape index (κ3) is 3.41. The molecule has 0 saturated carbocycles. The lowest BCUT2D eigenvalue weighted by molar-refractivity contribution is 0.588. The molecule has 0 heterocycles. The van der Waals surface area contributed by atoms with Crippen LogP contribution in [-0.4, -0.2) is 15.5 Å². The van der Waals surface area contributed by atoms with Gasteiger partial charge in [0.2, 0.25) is 10.0 Å². The predicted molar refractivity (Wildman–Crippen MR) is 86.8 cm³/mol. The van der Waals surface area contributed by atoms with Crippen molar-refractivity contribution in [3.8, 4) is 0 Å². The molecular formula is C13H13Cl2N3O2S. The Morgan fingerprint density at radius 3 is 2.29 bits per heavy atom. The van der Waals surface area contributed by atoms with E-state index in [0.29, 0.717) is 27.1 Å². The van der Waals surface area contributed by atoms with Crippen LogP contribution >= 0.6 is 23.2 Å². The Morgan fingerprint density at radius 1 is 1.10 bits per heavy atom. The lowest BCUT2D eigenvalue weighted by Gasteiger charge is -2.15. The summed E-state index contributed by atoms with van der Waals surface area (Å²) in [7, 11) is -2.35. The van der Waals surface area contributed by atoms with Crippen LogP contribution in [0.25, 0.3) is 0 Å². The first-order chi connectivity index (χ1) is 9.85. The number of rotatable bonds is 4. The van der Waals surface area contributed by atoms with Crippen LogP contribution in [0, 0.1) is 0 Å². The number of para-hydroxylation sites is 1. The number of hydrogen-bond acceptors (Lipinski definition) is 4. The number of nitrogens with two attached hydrogens (primary N) is 1. The molecule has 0 aliphatic heterocycles. The van der Waals surface area contributed by atoms with Gasteiger partial charge in [0.1, 0.15) is 4.90 Å². The van der Waals surface area contributed by atoms with Crippen LogP contribution in [0.2, 0.25) is 10.0 Å². The summed E-state index contributed by atoms with van der Waals surface area (Å²) in [6.07, 6.45) is 0. The molecule has 0 atom stereocenters. The molecule has 2 aromatic rings. The van der Waals surface area contributed by atoms with Crippen molar-refractivity contribution >= 4 is 50.3 Å². The Bertz CT molecular complexity index is 759. The van der Waals surface area contributed by atoms with Crippen molar-refractivity contribution in [3.05, 3.63) is 46.4 Å². The molecule has 0 aliphatic carbocycles. The van der Waals surface area contributed by atoms with Crippen molar-refractivity contribution in [2.24, 2.45) is 0 Å². The molecule has 0 aromatic heterocycles. The second-order valence-corrected chi connectivity index (χ2v) is 6.85. The molecule has 0 fully saturated rings. The Labute approximate surface area is 133 Å². The van der Waals surface area contributed by atoms with Gasteiger partial charge in [0.15, 0.2) is 0 Å². The van der Waals surface area contributed by atoms with E-state index in [1.807, 2.05) is 0 Å². The lowest BCUT2D eigenvalue weighted by atomic mass is 10.2. The van der Waals surface area contributed by atoms with E-state index in [1.54, 1.807) is 30.3 Å². The number of anilines is 3. The number of sulfonamides is 1. The molecule has 0 unspecified atom stereocenters. The molecule has 0 amide bonds. The highest BCUT2D eigenvalue weighted by atomic mass is 35.5. The quantitative estimate of drug-likeness (QED) is 0.742. The standard InChI is InChI=1S/C13H13Cl2N3O2S/c1-17-21(19,20)12-7-8(16)5-6-11(12)18-13-9(14)3-2-4-10(13)15/h2-7,17-18H,16H2,1H3. The number of halogens is 2. The van der Waals surface area contributed by atoms with E-state index < -0.39 is 10.0 Å². The first kappa shape index (κ1) is 15.9. The van der Waals surface area contributed by atoms with E-state index in [4.69, 9.17) is 28.9 Å². The van der Waals surface area contributed by atoms with Gasteiger partial charge >= 0.3 is 0 Å². The first-order valence-electron chi connectivity index (χ1n) is 5.89. The maximum Gasteiger partial charge on any atom is 0.242 e. The molecule has 112 valence electrons. The van der Waals surface area contributed by atoms with Crippen molar-refractivity contribution in [3.63, 3.8) is 0 Å². The number of nitrogen functional groups attached to an aromatic ring is 1. The smallest absolute Gasteiger partial charge is 0.242 e. The van der Waals surface area contributed by atoms with Gasteiger partial charge in [-0.3, -0.25) is 0 Å². The topological polar surface area (TPSA) is 84.2 Å². The minimum Gasteiger partial charge on any atom is -0.399 e. The van der Waals surface area contributed by atoms with Crippen molar-refractivity contribution in [1.82, 2.24) is 4.72 Å². The van der Waals surface area contributed by atoms with E-state index >= 15 is 0 Å². The van der Waals surface area contributed by atoms with Crippen LogP contribution in [0.5, 0.6) is 0 Å². The lowest BCUT2D eigenvalue weighted by Crippen LogP contribution is -2.20. The summed E-state index contributed by atoms with van der Waals surface area (Å²) >= 11 is 12.1. The third-order valence-electron chi connectivity index (χ3n) is 2.79. The summed E-state index contributed by atoms with van der Waals surface area (Å²) in [5, 5.41) is 3.70. The van der Waals surface area contributed by atoms with Crippen molar-refractivity contribution in [2.75, 3.05) is 18.1 Å². The summed E-state index contributed by atoms with van der Waals surface area (Å²) in [4.78, 5) is 0.0148. The molecule has 4 N–H and O–H groups in total. The maximum absolute atomic E-state index is 12.1. The highest BCUT2D eigenvalue weighted by Crippen LogP contribution is 2.35. The second-order valence-electron chi connectivity index (χ2n) is 4.18. The van der Waals surface area contributed by atoms with Crippen LogP contribution < -0.4 is 15.8 Å². The van der Waals surface area contributed by atoms with E-state index in [2.05, 4.69) is 10.0 Å². The fourth-order valence-electron chi connectivity index (χ4n) is 1.73. The Balaban J connectivity index is 2.56. The SMILES string of the molecule is CNS(=O)(=O)c1cc(N)ccc1Nc1c(Cl)cccc1Cl. The minimum absolute atomic E-state index is 0.0148. The van der Waals surface area contributed by atoms with E-state index in [9.17, 15) is 8.42 Å². The van der Waals surface area contributed by atoms with E-state index in [1.165, 1.54) is 13.1 Å². The zero-order chi connectivity index (χ0) is 15.6. The zero-order valence-electron chi connectivity index (χ0n) is 11.0. The van der Waals surface area contributed by atoms with Gasteiger partial charge in [-0.15, -0.1) is 0 Å². The summed E-state index contributed by atoms with van der Waals surface area (Å²) < 4.78 is 26.4. The van der Waals surface area contributed by atoms with Crippen LogP contribution in [0.4, 0.5) is 17.1 Å². The zero-order valence-corrected chi connectivity index (χ0v) is 13.4. The minimum atomic E-state index is -3.68. The van der Waals surface area contributed by atoms with Gasteiger partial charge < -0.3 is 11.1 Å². The highest BCUT2D eigenvalue weighted by Gasteiger charge is 2.18. The van der Waals surface area contributed by atoms with Gasteiger partial charge in [-0.1, -0.05) is 29.3 Å². The highest BCUT2D eigenvalue weighted by molar-refractivity contribution is 7.89. The van der Waals surface area contributed by atoms with Crippen molar-refractivity contribution < 1.29 is 8.42 Å². The van der Waals surface area contributed by atoms with Gasteiger partial charge in [-0.25, -0.2) is 13.1 Å². The fraction of sp³-hybridized carbons (Fsp3) is 0.0769. The van der Waals surface area contributed by atoms with Gasteiger partial charge in [0.05, 0.1) is 21.4 Å². The number of benzene rings is 2. The monoisotopic (exact) mass is 345 g/mol. The molecule has 5 nitrogen and oxygen atoms in total. The Kier molecular flexibility index (Phi) is 4.63. The summed E-state index contributed by atoms with van der Waals surface area (Å²) in [5.74, 6) is 0. The fourth-order valence-corrected chi connectivity index (χ4v) is 3.14. The second kappa shape index (κ2) is 6.11. The molecule has 2 aromatic carbocycles. The maximum atomic E-state index is 12.1. The van der Waals surface area contributed by atoms with Crippen molar-refractivity contribution in [1.29, 1.82) is 0 Å². The Morgan fingerprint density at radius 2 is 1.71 bits per heavy atom. The van der Waals surface area contributed by atoms with E-state index in [0.717, 1.165) is 0 Å². The predicted octanol–water partition coefficient (Wildman–Crippen LogP) is 3.23. The summed E-state index contributed by atoms with van der Waals surface area (Å²) in [6, 6.07) is 9.50. The van der Waals surface area contributed by atoms with Crippen LogP contribution in [-0.2, 0) is 10.0 Å². The van der Waals surface area contributed by atoms with E-state index in [-0.39, 0.29) is 4.90 Å². The largest absolute Gasteiger partial charge is 0.399 e. The van der Waals surface area contributed by atoms with Gasteiger partial charge in [0, 0.05) is 5.69 Å². The summed E-state index contributed by atoms with van der Waals surface area (Å²) in [5.41, 5.74) is 6.75.